The number of hydrogen-bond acceptors (Lipinski definition) is 2. The van der Waals surface area contributed by atoms with E-state index in [-0.39, 0.29) is 12.5 Å². The summed E-state index contributed by atoms with van der Waals surface area (Å²) in [5.41, 5.74) is 0.802. The Hall–Kier alpha value is 0.01000. The standard InChI is InChI=1S/C10H11Cl3O2/c11-5-9(13)10(14)15-6-7-3-1-2-4-8(7)12/h1-4,9-10,14H,5-6H2. The number of ether oxygens (including phenoxy) is 1. The van der Waals surface area contributed by atoms with Gasteiger partial charge in [-0.1, -0.05) is 29.8 Å². The third-order valence-electron chi connectivity index (χ3n) is 1.82. The Balaban J connectivity index is 2.47. The number of rotatable bonds is 5. The highest BCUT2D eigenvalue weighted by molar-refractivity contribution is 6.31. The summed E-state index contributed by atoms with van der Waals surface area (Å²) in [5.74, 6) is 0.130. The van der Waals surface area contributed by atoms with Gasteiger partial charge in [-0.15, -0.1) is 23.2 Å². The first-order valence-electron chi connectivity index (χ1n) is 4.38. The fourth-order valence-corrected chi connectivity index (χ4v) is 1.39. The van der Waals surface area contributed by atoms with Gasteiger partial charge >= 0.3 is 0 Å². The van der Waals surface area contributed by atoms with Gasteiger partial charge in [0.2, 0.25) is 0 Å². The zero-order chi connectivity index (χ0) is 11.3. The van der Waals surface area contributed by atoms with Crippen LogP contribution in [0.2, 0.25) is 5.02 Å². The Bertz CT molecular complexity index is 306. The van der Waals surface area contributed by atoms with Crippen molar-refractivity contribution in [3.05, 3.63) is 34.9 Å². The fraction of sp³-hybridized carbons (Fsp3) is 0.400. The quantitative estimate of drug-likeness (QED) is 0.658. The molecule has 0 saturated carbocycles. The SMILES string of the molecule is OC(OCc1ccccc1Cl)C(Cl)CCl. The van der Waals surface area contributed by atoms with Crippen LogP contribution in [0.4, 0.5) is 0 Å². The van der Waals surface area contributed by atoms with Crippen LogP contribution in [0.15, 0.2) is 24.3 Å². The molecular weight excluding hydrogens is 258 g/mol. The zero-order valence-electron chi connectivity index (χ0n) is 7.87. The Labute approximate surface area is 104 Å². The molecule has 0 aliphatic carbocycles. The molecule has 2 nitrogen and oxygen atoms in total. The lowest BCUT2D eigenvalue weighted by molar-refractivity contribution is -0.105. The summed E-state index contributed by atoms with van der Waals surface area (Å²) in [6.45, 7) is 0.209. The van der Waals surface area contributed by atoms with E-state index in [2.05, 4.69) is 0 Å². The average molecular weight is 270 g/mol. The van der Waals surface area contributed by atoms with E-state index in [1.54, 1.807) is 6.07 Å². The number of alkyl halides is 2. The van der Waals surface area contributed by atoms with Crippen molar-refractivity contribution in [2.75, 3.05) is 5.88 Å². The molecule has 0 radical (unpaired) electrons. The smallest absolute Gasteiger partial charge is 0.172 e. The predicted octanol–water partition coefficient (Wildman–Crippen LogP) is 3.02. The van der Waals surface area contributed by atoms with E-state index in [4.69, 9.17) is 39.5 Å². The van der Waals surface area contributed by atoms with Crippen LogP contribution in [0.1, 0.15) is 5.56 Å². The van der Waals surface area contributed by atoms with Crippen LogP contribution >= 0.6 is 34.8 Å². The summed E-state index contributed by atoms with van der Waals surface area (Å²) in [6.07, 6.45) is -1.08. The molecule has 0 heterocycles. The molecule has 0 aliphatic rings. The topological polar surface area (TPSA) is 29.5 Å². The first kappa shape index (κ1) is 13.1. The maximum Gasteiger partial charge on any atom is 0.172 e. The van der Waals surface area contributed by atoms with Gasteiger partial charge in [0.25, 0.3) is 0 Å². The number of aliphatic hydroxyl groups excluding tert-OH is 1. The molecule has 0 bridgehead atoms. The zero-order valence-corrected chi connectivity index (χ0v) is 10.1. The van der Waals surface area contributed by atoms with E-state index in [0.29, 0.717) is 5.02 Å². The van der Waals surface area contributed by atoms with Gasteiger partial charge in [0, 0.05) is 10.9 Å². The summed E-state index contributed by atoms with van der Waals surface area (Å²) < 4.78 is 5.12. The summed E-state index contributed by atoms with van der Waals surface area (Å²) >= 11 is 17.0. The monoisotopic (exact) mass is 268 g/mol. The maximum absolute atomic E-state index is 9.39. The van der Waals surface area contributed by atoms with Gasteiger partial charge in [0.15, 0.2) is 6.29 Å². The molecule has 0 saturated heterocycles. The van der Waals surface area contributed by atoms with Crippen molar-refractivity contribution in [2.45, 2.75) is 18.3 Å². The predicted molar refractivity (Wildman–Crippen MR) is 62.6 cm³/mol. The van der Waals surface area contributed by atoms with Crippen LogP contribution in [-0.2, 0) is 11.3 Å². The second-order valence-corrected chi connectivity index (χ2v) is 4.24. The highest BCUT2D eigenvalue weighted by Gasteiger charge is 2.15. The Morgan fingerprint density at radius 3 is 2.60 bits per heavy atom. The van der Waals surface area contributed by atoms with Crippen LogP contribution < -0.4 is 0 Å². The normalized spacial score (nSPS) is 14.9. The molecular formula is C10H11Cl3O2. The Morgan fingerprint density at radius 2 is 2.00 bits per heavy atom. The number of hydrogen-bond donors (Lipinski definition) is 1. The van der Waals surface area contributed by atoms with Gasteiger partial charge in [0.05, 0.1) is 12.0 Å². The van der Waals surface area contributed by atoms with Crippen molar-refractivity contribution in [1.29, 1.82) is 0 Å². The van der Waals surface area contributed by atoms with Gasteiger partial charge in [-0.05, 0) is 11.6 Å². The lowest BCUT2D eigenvalue weighted by Crippen LogP contribution is -2.25. The fourth-order valence-electron chi connectivity index (χ4n) is 0.971. The third-order valence-corrected chi connectivity index (χ3v) is 3.05. The van der Waals surface area contributed by atoms with Crippen molar-refractivity contribution in [3.8, 4) is 0 Å². The molecule has 84 valence electrons. The largest absolute Gasteiger partial charge is 0.367 e. The van der Waals surface area contributed by atoms with Crippen molar-refractivity contribution in [1.82, 2.24) is 0 Å². The summed E-state index contributed by atoms with van der Waals surface area (Å²) in [4.78, 5) is 0. The molecule has 1 aromatic carbocycles. The maximum atomic E-state index is 9.39. The molecule has 0 spiro atoms. The molecule has 15 heavy (non-hydrogen) atoms. The molecule has 0 aromatic heterocycles. The molecule has 2 unspecified atom stereocenters. The number of halogens is 3. The van der Waals surface area contributed by atoms with Gasteiger partial charge in [-0.3, -0.25) is 0 Å². The minimum atomic E-state index is -1.08. The second-order valence-electron chi connectivity index (χ2n) is 2.96. The first-order valence-corrected chi connectivity index (χ1v) is 5.73. The molecule has 1 aromatic rings. The van der Waals surface area contributed by atoms with Gasteiger partial charge in [-0.25, -0.2) is 0 Å². The molecule has 0 amide bonds. The van der Waals surface area contributed by atoms with Crippen LogP contribution in [0.3, 0.4) is 0 Å². The first-order chi connectivity index (χ1) is 7.15. The lowest BCUT2D eigenvalue weighted by atomic mass is 10.2. The number of aliphatic hydroxyl groups is 1. The summed E-state index contributed by atoms with van der Waals surface area (Å²) in [7, 11) is 0. The Morgan fingerprint density at radius 1 is 1.33 bits per heavy atom. The van der Waals surface area contributed by atoms with E-state index < -0.39 is 11.7 Å². The summed E-state index contributed by atoms with van der Waals surface area (Å²) in [6, 6.07) is 7.24. The van der Waals surface area contributed by atoms with E-state index in [0.717, 1.165) is 5.56 Å². The lowest BCUT2D eigenvalue weighted by Gasteiger charge is -2.15. The van der Waals surface area contributed by atoms with Crippen molar-refractivity contribution >= 4 is 34.8 Å². The highest BCUT2D eigenvalue weighted by Crippen LogP contribution is 2.17. The minimum absolute atomic E-state index is 0.130. The van der Waals surface area contributed by atoms with Gasteiger partial charge in [-0.2, -0.15) is 0 Å². The Kier molecular flexibility index (Phi) is 5.72. The molecule has 2 atom stereocenters. The van der Waals surface area contributed by atoms with E-state index >= 15 is 0 Å². The number of benzene rings is 1. The van der Waals surface area contributed by atoms with E-state index in [1.165, 1.54) is 0 Å². The van der Waals surface area contributed by atoms with Crippen molar-refractivity contribution in [3.63, 3.8) is 0 Å². The van der Waals surface area contributed by atoms with Crippen LogP contribution in [0.25, 0.3) is 0 Å². The third kappa shape index (κ3) is 4.17. The minimum Gasteiger partial charge on any atom is -0.367 e. The molecule has 1 rings (SSSR count). The van der Waals surface area contributed by atoms with E-state index in [9.17, 15) is 5.11 Å². The highest BCUT2D eigenvalue weighted by atomic mass is 35.5. The van der Waals surface area contributed by atoms with Crippen LogP contribution in [0.5, 0.6) is 0 Å². The van der Waals surface area contributed by atoms with Crippen molar-refractivity contribution in [2.24, 2.45) is 0 Å². The van der Waals surface area contributed by atoms with Gasteiger partial charge in [0.1, 0.15) is 0 Å². The molecule has 0 aliphatic heterocycles. The van der Waals surface area contributed by atoms with E-state index in [1.807, 2.05) is 18.2 Å². The van der Waals surface area contributed by atoms with Crippen LogP contribution in [0, 0.1) is 0 Å². The second kappa shape index (κ2) is 6.56. The van der Waals surface area contributed by atoms with Gasteiger partial charge < -0.3 is 9.84 Å². The van der Waals surface area contributed by atoms with Crippen LogP contribution in [-0.4, -0.2) is 22.7 Å². The molecule has 1 N–H and O–H groups in total. The molecule has 0 fully saturated rings. The average Bonchev–Trinajstić information content (AvgIpc) is 2.26. The molecule has 5 heteroatoms. The summed E-state index contributed by atoms with van der Waals surface area (Å²) in [5, 5.41) is 9.37. The van der Waals surface area contributed by atoms with Crippen molar-refractivity contribution < 1.29 is 9.84 Å².